The predicted octanol–water partition coefficient (Wildman–Crippen LogP) is 20.5. The number of oxazole rings is 1. The molecule has 0 bridgehead atoms. The van der Waals surface area contributed by atoms with E-state index in [1.165, 1.54) is 48.3 Å². The molecule has 408 valence electrons. The zero-order valence-corrected chi connectivity index (χ0v) is 52.3. The summed E-state index contributed by atoms with van der Waals surface area (Å²) in [6.45, 7) is 49.7. The van der Waals surface area contributed by atoms with E-state index in [-0.39, 0.29) is 0 Å². The Morgan fingerprint density at radius 3 is 1.04 bits per heavy atom. The van der Waals surface area contributed by atoms with E-state index >= 15 is 0 Å². The lowest BCUT2D eigenvalue weighted by Gasteiger charge is -1.92. The third kappa shape index (κ3) is 153. The van der Waals surface area contributed by atoms with Crippen molar-refractivity contribution in [3.8, 4) is 0 Å². The molecule has 0 fully saturated rings. The Kier molecular flexibility index (Phi) is 82.4. The van der Waals surface area contributed by atoms with Gasteiger partial charge in [-0.3, -0.25) is 4.98 Å². The van der Waals surface area contributed by atoms with Gasteiger partial charge < -0.3 is 13.4 Å². The first-order valence-electron chi connectivity index (χ1n) is 24.2. The molecule has 0 atom stereocenters. The van der Waals surface area contributed by atoms with Crippen LogP contribution in [0.5, 0.6) is 0 Å². The molecule has 0 aliphatic heterocycles. The van der Waals surface area contributed by atoms with Gasteiger partial charge in [0.15, 0.2) is 6.39 Å². The highest BCUT2D eigenvalue weighted by atomic mass is 32.1. The minimum atomic E-state index is 0.530. The third-order valence-electron chi connectivity index (χ3n) is 3.39. The predicted molar refractivity (Wildman–Crippen MR) is 318 cm³/mol. The minimum Gasteiger partial charge on any atom is -0.473 e. The summed E-state index contributed by atoms with van der Waals surface area (Å²) in [6, 6.07) is 11.3. The largest absolute Gasteiger partial charge is 0.473 e. The maximum atomic E-state index is 4.58. The summed E-state index contributed by atoms with van der Waals surface area (Å²) in [5.41, 5.74) is 5.23. The van der Waals surface area contributed by atoms with Gasteiger partial charge >= 0.3 is 0 Å². The lowest BCUT2D eigenvalue weighted by atomic mass is 10.2. The van der Waals surface area contributed by atoms with E-state index in [2.05, 4.69) is 212 Å². The van der Waals surface area contributed by atoms with E-state index in [9.17, 15) is 0 Å². The number of aromatic nitrogens is 8. The average molecular weight is 1080 g/mol. The molecule has 0 aliphatic rings. The van der Waals surface area contributed by atoms with Gasteiger partial charge in [-0.1, -0.05) is 177 Å². The fraction of sp³-hybridized carbons (Fsp3) is 0.564. The second-order valence-corrected chi connectivity index (χ2v) is 22.7. The summed E-state index contributed by atoms with van der Waals surface area (Å²) in [6.07, 6.45) is 15.9. The Morgan fingerprint density at radius 2 is 0.915 bits per heavy atom. The topological polar surface area (TPSA) is 143 Å². The normalized spacial score (nSPS) is 8.66. The molecule has 0 saturated heterocycles. The minimum absolute atomic E-state index is 0.530. The van der Waals surface area contributed by atoms with E-state index in [0.717, 1.165) is 46.4 Å². The number of furan rings is 1. The molecule has 8 aromatic heterocycles. The van der Waals surface area contributed by atoms with Gasteiger partial charge in [-0.15, -0.1) is 32.9 Å². The molecule has 0 amide bonds. The highest BCUT2D eigenvalue weighted by Gasteiger charge is 1.99. The molecule has 0 spiro atoms. The van der Waals surface area contributed by atoms with Gasteiger partial charge in [-0.2, -0.15) is 15.7 Å². The average Bonchev–Trinajstić information content (AvgIpc) is 4.15. The first-order chi connectivity index (χ1) is 33.4. The van der Waals surface area contributed by atoms with Crippen molar-refractivity contribution < 1.29 is 13.4 Å². The van der Waals surface area contributed by atoms with Crippen LogP contribution in [0.15, 0.2) is 150 Å². The van der Waals surface area contributed by atoms with Crippen LogP contribution in [0.25, 0.3) is 0 Å². The van der Waals surface area contributed by atoms with Crippen LogP contribution in [0.4, 0.5) is 0 Å². The van der Waals surface area contributed by atoms with Gasteiger partial charge in [0.1, 0.15) is 34.9 Å². The van der Waals surface area contributed by atoms with Gasteiger partial charge in [0.05, 0.1) is 30.4 Å². The van der Waals surface area contributed by atoms with Crippen LogP contribution in [0, 0.1) is 41.4 Å². The van der Waals surface area contributed by atoms with Crippen LogP contribution >= 0.6 is 57.1 Å². The van der Waals surface area contributed by atoms with Gasteiger partial charge in [0.2, 0.25) is 0 Å². The SMILES string of the molecule is CC(C)C.CC(C)C.CC(C)C.CC(C)C.CC(C)C.CC(C)C.CC(C)C.CC(C)c1nncs1.c1ccoc1.c1ccsc1.c1cnoc1.c1cnsc1.c1cocn1.c1cscn1.c1ncsn1. The second-order valence-electron chi connectivity index (χ2n) is 19.0. The van der Waals surface area contributed by atoms with E-state index in [1.54, 1.807) is 93.9 Å². The standard InChI is InChI=1S/C5H8N2S.C4H4O.C4H4S.7C4H10.2C3H3NO.2C3H3NS.C2H2N2S/c1-4(2)5-7-6-3-8-5;2*1-2-4-5-3-1;7*1-4(2)3;1-2-5-3-4-1;1-2-4-5-3-1;1-2-5-3-4-1;1-2-4-5-3-1;1-3-2-5-4-1/h3-4H,1-2H3;2*1-4H;7*4H,1-3H3;4*1-3H;1-2H. The first kappa shape index (κ1) is 80.9. The number of nitrogens with zero attached hydrogens (tertiary/aromatic N) is 8. The molecular formula is C55H100N8O3S5. The lowest BCUT2D eigenvalue weighted by Crippen LogP contribution is -1.83. The summed E-state index contributed by atoms with van der Waals surface area (Å²) in [7, 11) is 0. The van der Waals surface area contributed by atoms with Crippen LogP contribution < -0.4 is 0 Å². The highest BCUT2D eigenvalue weighted by molar-refractivity contribution is 7.09. The molecule has 0 saturated carbocycles. The molecule has 0 radical (unpaired) electrons. The highest BCUT2D eigenvalue weighted by Crippen LogP contribution is 2.13. The zero-order valence-electron chi connectivity index (χ0n) is 48.2. The molecule has 0 N–H and O–H groups in total. The Hall–Kier alpha value is -4.22. The number of thiophene rings is 1. The Morgan fingerprint density at radius 1 is 0.394 bits per heavy atom. The Bertz CT molecular complexity index is 1270. The molecule has 8 rings (SSSR count). The summed E-state index contributed by atoms with van der Waals surface area (Å²) in [5, 5.41) is 20.0. The Labute approximate surface area is 455 Å². The van der Waals surface area contributed by atoms with Crippen LogP contribution in [-0.2, 0) is 0 Å². The fourth-order valence-corrected chi connectivity index (χ4v) is 3.72. The molecular weight excluding hydrogens is 981 g/mol. The van der Waals surface area contributed by atoms with Crippen molar-refractivity contribution in [1.29, 1.82) is 0 Å². The van der Waals surface area contributed by atoms with Gasteiger partial charge in [0, 0.05) is 29.1 Å². The van der Waals surface area contributed by atoms with Gasteiger partial charge in [0.25, 0.3) is 0 Å². The molecule has 0 aliphatic carbocycles. The number of hydrogen-bond acceptors (Lipinski definition) is 16. The van der Waals surface area contributed by atoms with Crippen LogP contribution in [0.1, 0.15) is 170 Å². The van der Waals surface area contributed by atoms with E-state index in [0.29, 0.717) is 5.92 Å². The third-order valence-corrected chi connectivity index (χ3v) is 6.49. The van der Waals surface area contributed by atoms with Crippen LogP contribution in [0.2, 0.25) is 0 Å². The first-order valence-corrected chi connectivity index (χ1v) is 28.6. The summed E-state index contributed by atoms with van der Waals surface area (Å²) in [5.74, 6) is 6.36. The monoisotopic (exact) mass is 1080 g/mol. The number of rotatable bonds is 1. The van der Waals surface area contributed by atoms with Crippen molar-refractivity contribution in [2.45, 2.75) is 165 Å². The fourth-order valence-electron chi connectivity index (χ4n) is 1.73. The summed E-state index contributed by atoms with van der Waals surface area (Å²) >= 11 is 7.74. The maximum Gasteiger partial charge on any atom is 0.180 e. The van der Waals surface area contributed by atoms with Crippen LogP contribution in [-0.4, -0.2) is 39.1 Å². The maximum absolute atomic E-state index is 4.58. The molecule has 0 unspecified atom stereocenters. The van der Waals surface area contributed by atoms with Gasteiger partial charge in [-0.05, 0) is 99.5 Å². The van der Waals surface area contributed by atoms with E-state index in [4.69, 9.17) is 0 Å². The van der Waals surface area contributed by atoms with Crippen molar-refractivity contribution in [2.24, 2.45) is 41.4 Å². The number of thiazole rings is 1. The lowest BCUT2D eigenvalue weighted by molar-refractivity contribution is 0.420. The van der Waals surface area contributed by atoms with Crippen molar-refractivity contribution >= 4 is 57.1 Å². The molecule has 8 aromatic rings. The Balaban J connectivity index is -0.000000124. The van der Waals surface area contributed by atoms with E-state index < -0.39 is 0 Å². The van der Waals surface area contributed by atoms with Crippen molar-refractivity contribution in [1.82, 2.24) is 39.1 Å². The molecule has 0 aromatic carbocycles. The van der Waals surface area contributed by atoms with Crippen molar-refractivity contribution in [2.75, 3.05) is 0 Å². The quantitative estimate of drug-likeness (QED) is 0.155. The zero-order chi connectivity index (χ0) is 55.8. The van der Waals surface area contributed by atoms with Crippen molar-refractivity contribution in [3.05, 3.63) is 142 Å². The molecule has 11 nitrogen and oxygen atoms in total. The smallest absolute Gasteiger partial charge is 0.180 e. The van der Waals surface area contributed by atoms with Gasteiger partial charge in [-0.25, -0.2) is 14.3 Å². The van der Waals surface area contributed by atoms with Crippen molar-refractivity contribution in [3.63, 3.8) is 0 Å². The number of hydrogen-bond donors (Lipinski definition) is 0. The van der Waals surface area contributed by atoms with Crippen LogP contribution in [0.3, 0.4) is 0 Å². The molecule has 16 heteroatoms. The molecule has 71 heavy (non-hydrogen) atoms. The summed E-state index contributed by atoms with van der Waals surface area (Å²) < 4.78 is 20.8. The molecule has 8 heterocycles. The second kappa shape index (κ2) is 72.3. The summed E-state index contributed by atoms with van der Waals surface area (Å²) in [4.78, 5) is 10.9. The van der Waals surface area contributed by atoms with E-state index in [1.807, 2.05) is 51.9 Å².